The van der Waals surface area contributed by atoms with E-state index in [1.165, 1.54) is 34.2 Å². The molecule has 262 valence electrons. The van der Waals surface area contributed by atoms with Gasteiger partial charge in [-0.25, -0.2) is 0 Å². The summed E-state index contributed by atoms with van der Waals surface area (Å²) in [6, 6.07) is 23.5. The Kier molecular flexibility index (Phi) is 13.7. The fourth-order valence-corrected chi connectivity index (χ4v) is 7.20. The molecular weight excluding hydrogens is 592 g/mol. The van der Waals surface area contributed by atoms with Gasteiger partial charge in [-0.05, 0) is 123 Å². The van der Waals surface area contributed by atoms with Crippen molar-refractivity contribution >= 4 is 11.4 Å². The number of anilines is 2. The fourth-order valence-electron chi connectivity index (χ4n) is 7.20. The summed E-state index contributed by atoms with van der Waals surface area (Å²) in [5.74, 6) is 0. The van der Waals surface area contributed by atoms with Crippen molar-refractivity contribution < 1.29 is 0 Å². The Hall–Kier alpha value is -3.04. The molecular formula is C40H62N8. The van der Waals surface area contributed by atoms with Gasteiger partial charge in [-0.2, -0.15) is 0 Å². The van der Waals surface area contributed by atoms with E-state index in [-0.39, 0.29) is 0 Å². The third-order valence-electron chi connectivity index (χ3n) is 10.0. The van der Waals surface area contributed by atoms with Crippen LogP contribution in [0.3, 0.4) is 0 Å². The van der Waals surface area contributed by atoms with Gasteiger partial charge in [-0.15, -0.1) is 0 Å². The normalized spacial score (nSPS) is 19.8. The number of fused-ring (bicyclic) bond motifs is 4. The first-order valence-corrected chi connectivity index (χ1v) is 18.6. The van der Waals surface area contributed by atoms with Crippen LogP contribution in [0.4, 0.5) is 11.4 Å². The van der Waals surface area contributed by atoms with E-state index in [1.54, 1.807) is 0 Å². The minimum absolute atomic E-state index is 0.483. The van der Waals surface area contributed by atoms with Crippen LogP contribution in [0.2, 0.25) is 0 Å². The van der Waals surface area contributed by atoms with Gasteiger partial charge in [-0.3, -0.25) is 19.8 Å². The highest BCUT2D eigenvalue weighted by atomic mass is 15.2. The van der Waals surface area contributed by atoms with Crippen LogP contribution in [0.1, 0.15) is 76.2 Å². The summed E-state index contributed by atoms with van der Waals surface area (Å²) < 4.78 is 0. The van der Waals surface area contributed by atoms with Gasteiger partial charge < -0.3 is 19.6 Å². The van der Waals surface area contributed by atoms with Crippen LogP contribution >= 0.6 is 0 Å². The number of hydrogen-bond acceptors (Lipinski definition) is 8. The van der Waals surface area contributed by atoms with E-state index in [0.717, 1.165) is 104 Å². The van der Waals surface area contributed by atoms with Crippen molar-refractivity contribution in [2.45, 2.75) is 91.6 Å². The summed E-state index contributed by atoms with van der Waals surface area (Å²) in [4.78, 5) is 25.4. The topological polar surface area (TPSA) is 45.2 Å². The van der Waals surface area contributed by atoms with E-state index >= 15 is 0 Å². The van der Waals surface area contributed by atoms with E-state index in [2.05, 4.69) is 132 Å². The molecule has 0 unspecified atom stereocenters. The van der Waals surface area contributed by atoms with E-state index in [1.807, 2.05) is 0 Å². The first-order valence-electron chi connectivity index (χ1n) is 18.6. The van der Waals surface area contributed by atoms with Crippen molar-refractivity contribution in [2.75, 3.05) is 76.3 Å². The molecule has 2 aliphatic heterocycles. The van der Waals surface area contributed by atoms with E-state index in [4.69, 9.17) is 9.97 Å². The SMILES string of the molecule is CC(C)N1CCCN(c2cccc(N3CCCN(C)Cc4cccc(n4)CN(C(C)C)CCC3)c2)CCCN(C)Cc2cccc(n2)C1. The second-order valence-corrected chi connectivity index (χ2v) is 14.8. The number of pyridine rings is 2. The molecule has 0 fully saturated rings. The minimum Gasteiger partial charge on any atom is -0.371 e. The molecule has 8 nitrogen and oxygen atoms in total. The predicted molar refractivity (Wildman–Crippen MR) is 202 cm³/mol. The predicted octanol–water partition coefficient (Wildman–Crippen LogP) is 6.36. The summed E-state index contributed by atoms with van der Waals surface area (Å²) in [5, 5.41) is 0. The second kappa shape index (κ2) is 18.1. The average molecular weight is 655 g/mol. The molecule has 0 radical (unpaired) electrons. The quantitative estimate of drug-likeness (QED) is 0.322. The number of nitrogens with zero attached hydrogens (tertiary/aromatic N) is 8. The van der Waals surface area contributed by atoms with E-state index < -0.39 is 0 Å². The molecule has 4 heterocycles. The third kappa shape index (κ3) is 11.0. The lowest BCUT2D eigenvalue weighted by atomic mass is 10.1. The summed E-state index contributed by atoms with van der Waals surface area (Å²) >= 11 is 0. The molecule has 2 aromatic heterocycles. The number of aromatic nitrogens is 2. The second-order valence-electron chi connectivity index (χ2n) is 14.8. The first-order chi connectivity index (χ1) is 23.2. The Morgan fingerprint density at radius 3 is 1.21 bits per heavy atom. The first kappa shape index (κ1) is 36.2. The highest BCUT2D eigenvalue weighted by Gasteiger charge is 2.18. The maximum Gasteiger partial charge on any atom is 0.0547 e. The Bertz CT molecular complexity index is 1290. The van der Waals surface area contributed by atoms with Crippen LogP contribution in [0, 0.1) is 0 Å². The van der Waals surface area contributed by atoms with Gasteiger partial charge in [-0.1, -0.05) is 18.2 Å². The van der Waals surface area contributed by atoms with Gasteiger partial charge in [0, 0.05) is 88.9 Å². The molecule has 2 aliphatic rings. The Labute approximate surface area is 291 Å². The van der Waals surface area contributed by atoms with Crippen molar-refractivity contribution in [2.24, 2.45) is 0 Å². The summed E-state index contributed by atoms with van der Waals surface area (Å²) in [7, 11) is 4.47. The molecule has 4 bridgehead atoms. The Morgan fingerprint density at radius 2 is 0.812 bits per heavy atom. The molecule has 48 heavy (non-hydrogen) atoms. The summed E-state index contributed by atoms with van der Waals surface area (Å²) in [6.45, 7) is 21.4. The lowest BCUT2D eigenvalue weighted by Gasteiger charge is -2.32. The van der Waals surface area contributed by atoms with Gasteiger partial charge in [0.2, 0.25) is 0 Å². The molecule has 8 heteroatoms. The number of hydrogen-bond donors (Lipinski definition) is 0. The monoisotopic (exact) mass is 655 g/mol. The van der Waals surface area contributed by atoms with Crippen molar-refractivity contribution in [3.63, 3.8) is 0 Å². The maximum absolute atomic E-state index is 5.02. The van der Waals surface area contributed by atoms with Crippen molar-refractivity contribution in [1.29, 1.82) is 0 Å². The van der Waals surface area contributed by atoms with Crippen LogP contribution in [0.15, 0.2) is 60.7 Å². The van der Waals surface area contributed by atoms with Crippen molar-refractivity contribution in [3.8, 4) is 0 Å². The molecule has 0 aliphatic carbocycles. The highest BCUT2D eigenvalue weighted by Crippen LogP contribution is 2.25. The number of rotatable bonds is 4. The lowest BCUT2D eigenvalue weighted by Crippen LogP contribution is -2.36. The Morgan fingerprint density at radius 1 is 0.458 bits per heavy atom. The molecule has 0 spiro atoms. The summed E-state index contributed by atoms with van der Waals surface area (Å²) in [6.07, 6.45) is 4.53. The van der Waals surface area contributed by atoms with Gasteiger partial charge in [0.15, 0.2) is 0 Å². The average Bonchev–Trinajstić information content (AvgIpc) is 3.05. The van der Waals surface area contributed by atoms with Crippen LogP contribution < -0.4 is 9.80 Å². The lowest BCUT2D eigenvalue weighted by molar-refractivity contribution is 0.207. The molecule has 0 amide bonds. The molecule has 5 rings (SSSR count). The van der Waals surface area contributed by atoms with Gasteiger partial charge in [0.25, 0.3) is 0 Å². The zero-order valence-electron chi connectivity index (χ0n) is 30.8. The van der Waals surface area contributed by atoms with Crippen LogP contribution in [0.25, 0.3) is 0 Å². The molecule has 1 aromatic carbocycles. The zero-order valence-corrected chi connectivity index (χ0v) is 30.8. The summed E-state index contributed by atoms with van der Waals surface area (Å²) in [5.41, 5.74) is 7.42. The van der Waals surface area contributed by atoms with Crippen LogP contribution in [-0.2, 0) is 26.2 Å². The Balaban J connectivity index is 1.31. The fraction of sp³-hybridized carbons (Fsp3) is 0.600. The zero-order chi connectivity index (χ0) is 33.9. The van der Waals surface area contributed by atoms with Gasteiger partial charge in [0.05, 0.1) is 22.8 Å². The van der Waals surface area contributed by atoms with Gasteiger partial charge >= 0.3 is 0 Å². The minimum atomic E-state index is 0.483. The van der Waals surface area contributed by atoms with Crippen LogP contribution in [0.5, 0.6) is 0 Å². The molecule has 0 atom stereocenters. The maximum atomic E-state index is 5.02. The molecule has 0 saturated heterocycles. The molecule has 0 saturated carbocycles. The largest absolute Gasteiger partial charge is 0.371 e. The van der Waals surface area contributed by atoms with Gasteiger partial charge in [0.1, 0.15) is 0 Å². The smallest absolute Gasteiger partial charge is 0.0547 e. The molecule has 0 N–H and O–H groups in total. The van der Waals surface area contributed by atoms with Crippen molar-refractivity contribution in [1.82, 2.24) is 29.6 Å². The van der Waals surface area contributed by atoms with E-state index in [0.29, 0.717) is 12.1 Å². The highest BCUT2D eigenvalue weighted by molar-refractivity contribution is 5.59. The van der Waals surface area contributed by atoms with Crippen molar-refractivity contribution in [3.05, 3.63) is 83.4 Å². The molecule has 3 aromatic rings. The standard InChI is InChI=1S/C40H62N8/c1-33(2)47-26-12-24-45(22-10-20-43(5)29-35-14-7-16-37(31-47)41-35)39-18-9-19-40(28-39)46-23-11-21-44(6)30-36-15-8-17-38(42-36)32-48(34(3)4)27-13-25-46/h7-9,14-19,28,33-34H,10-13,20-27,29-32H2,1-6H3. The van der Waals surface area contributed by atoms with E-state index in [9.17, 15) is 0 Å². The number of benzene rings is 1. The van der Waals surface area contributed by atoms with Crippen LogP contribution in [-0.4, -0.2) is 108 Å². The third-order valence-corrected chi connectivity index (χ3v) is 10.0.